The summed E-state index contributed by atoms with van der Waals surface area (Å²) in [5.41, 5.74) is -0.408. The van der Waals surface area contributed by atoms with Crippen LogP contribution in [0.3, 0.4) is 0 Å². The van der Waals surface area contributed by atoms with Gasteiger partial charge in [-0.2, -0.15) is 37.7 Å². The molecule has 0 saturated heterocycles. The van der Waals surface area contributed by atoms with E-state index >= 15 is 0 Å². The molecule has 146 valence electrons. The second kappa shape index (κ2) is 8.03. The number of hydrogen-bond acceptors (Lipinski definition) is 1. The largest absolute Gasteiger partial charge is 0.478 e. The molecule has 0 fully saturated rings. The van der Waals surface area contributed by atoms with Crippen LogP contribution in [0.4, 0.5) is 32.0 Å². The standard InChI is InChI=1S/C17H13F6NO2S/c18-16(19,20)11-3-1-10(2-4-11)8-27-9-24-14-7-12(17(21,22)23)5-6-13(14)15(25)26/h1-7,9,24,27H,8H2,(H,25,26). The number of carboxylic acid groups (broad SMARTS) is 1. The molecule has 2 aromatic carbocycles. The number of carbonyl (C=O) groups is 1. The van der Waals surface area contributed by atoms with E-state index in [4.69, 9.17) is 5.11 Å². The predicted octanol–water partition coefficient (Wildman–Crippen LogP) is 5.26. The maximum absolute atomic E-state index is 12.8. The number of aromatic carboxylic acids is 1. The molecule has 0 aliphatic heterocycles. The second-order valence-corrected chi connectivity index (χ2v) is 6.31. The highest BCUT2D eigenvalue weighted by Crippen LogP contribution is 2.32. The van der Waals surface area contributed by atoms with Crippen molar-refractivity contribution in [2.45, 2.75) is 18.1 Å². The number of thiol groups is 1. The Morgan fingerprint density at radius 1 is 0.963 bits per heavy atom. The third-order valence-corrected chi connectivity index (χ3v) is 4.30. The van der Waals surface area contributed by atoms with Crippen molar-refractivity contribution in [1.29, 1.82) is 0 Å². The Kier molecular flexibility index (Phi) is 6.19. The molecule has 0 amide bonds. The second-order valence-electron chi connectivity index (χ2n) is 5.37. The molecule has 2 N–H and O–H groups in total. The van der Waals surface area contributed by atoms with Crippen LogP contribution in [0.1, 0.15) is 27.0 Å². The zero-order chi connectivity index (χ0) is 20.2. The van der Waals surface area contributed by atoms with Crippen LogP contribution < -0.4 is 5.32 Å². The van der Waals surface area contributed by atoms with Crippen molar-refractivity contribution < 1.29 is 36.2 Å². The highest BCUT2D eigenvalue weighted by molar-refractivity contribution is 7.96. The number of halogens is 6. The van der Waals surface area contributed by atoms with Crippen LogP contribution in [-0.2, 0) is 18.1 Å². The molecule has 0 unspecified atom stereocenters. The van der Waals surface area contributed by atoms with Gasteiger partial charge in [0, 0.05) is 11.2 Å². The van der Waals surface area contributed by atoms with Crippen molar-refractivity contribution in [1.82, 2.24) is 0 Å². The number of rotatable bonds is 5. The van der Waals surface area contributed by atoms with Crippen molar-refractivity contribution in [3.8, 4) is 0 Å². The van der Waals surface area contributed by atoms with E-state index < -0.39 is 29.4 Å². The first-order valence-corrected chi connectivity index (χ1v) is 8.49. The molecule has 3 nitrogen and oxygen atoms in total. The van der Waals surface area contributed by atoms with Gasteiger partial charge in [0.2, 0.25) is 0 Å². The van der Waals surface area contributed by atoms with E-state index in [0.29, 0.717) is 34.8 Å². The number of carboxylic acids is 1. The van der Waals surface area contributed by atoms with E-state index in [9.17, 15) is 31.1 Å². The SMILES string of the molecule is O=C(O)c1ccc(C(F)(F)F)cc1NC=[SH]Cc1ccc(C(F)(F)F)cc1. The van der Waals surface area contributed by atoms with Crippen LogP contribution in [0.5, 0.6) is 0 Å². The first-order valence-electron chi connectivity index (χ1n) is 7.34. The lowest BCUT2D eigenvalue weighted by molar-refractivity contribution is -0.138. The molecule has 0 aliphatic rings. The lowest BCUT2D eigenvalue weighted by Crippen LogP contribution is -2.09. The maximum Gasteiger partial charge on any atom is 0.416 e. The molecule has 0 aromatic heterocycles. The first-order chi connectivity index (χ1) is 12.5. The molecule has 10 heteroatoms. The Bertz CT molecular complexity index is 844. The van der Waals surface area contributed by atoms with Gasteiger partial charge >= 0.3 is 18.3 Å². The molecule has 0 aliphatic carbocycles. The van der Waals surface area contributed by atoms with Crippen molar-refractivity contribution >= 4 is 28.5 Å². The van der Waals surface area contributed by atoms with E-state index in [-0.39, 0.29) is 11.3 Å². The molecule has 0 bridgehead atoms. The third-order valence-electron chi connectivity index (χ3n) is 3.44. The Labute approximate surface area is 153 Å². The van der Waals surface area contributed by atoms with Gasteiger partial charge in [-0.1, -0.05) is 12.1 Å². The molecular weight excluding hydrogens is 396 g/mol. The molecule has 0 spiro atoms. The summed E-state index contributed by atoms with van der Waals surface area (Å²) in [5, 5.41) is 11.6. The van der Waals surface area contributed by atoms with Crippen LogP contribution in [0.15, 0.2) is 42.5 Å². The fourth-order valence-corrected chi connectivity index (χ4v) is 2.84. The molecule has 2 aromatic rings. The highest BCUT2D eigenvalue weighted by Gasteiger charge is 2.31. The zero-order valence-corrected chi connectivity index (χ0v) is 14.3. The van der Waals surface area contributed by atoms with Gasteiger partial charge in [0.25, 0.3) is 0 Å². The minimum absolute atomic E-state index is 0.225. The van der Waals surface area contributed by atoms with E-state index in [1.165, 1.54) is 17.6 Å². The Morgan fingerprint density at radius 2 is 1.52 bits per heavy atom. The fourth-order valence-electron chi connectivity index (χ4n) is 2.09. The highest BCUT2D eigenvalue weighted by atomic mass is 32.1. The van der Waals surface area contributed by atoms with Gasteiger partial charge in [0.1, 0.15) is 0 Å². The van der Waals surface area contributed by atoms with Gasteiger partial charge in [-0.25, -0.2) is 4.79 Å². The number of benzene rings is 2. The molecule has 0 heterocycles. The summed E-state index contributed by atoms with van der Waals surface area (Å²) in [5.74, 6) is -1.09. The Hall–Kier alpha value is -2.49. The third kappa shape index (κ3) is 5.75. The number of nitrogens with one attached hydrogen (secondary N) is 1. The van der Waals surface area contributed by atoms with E-state index in [1.807, 2.05) is 0 Å². The summed E-state index contributed by atoms with van der Waals surface area (Å²) in [7, 11) is 0. The molecule has 27 heavy (non-hydrogen) atoms. The number of alkyl halides is 6. The fraction of sp³-hybridized carbons (Fsp3) is 0.176. The monoisotopic (exact) mass is 409 g/mol. The summed E-state index contributed by atoms with van der Waals surface area (Å²) in [6.07, 6.45) is -9.05. The van der Waals surface area contributed by atoms with Gasteiger partial charge in [-0.15, -0.1) is 0 Å². The van der Waals surface area contributed by atoms with E-state index in [0.717, 1.165) is 18.2 Å². The van der Waals surface area contributed by atoms with Gasteiger partial charge in [-0.05, 0) is 35.9 Å². The van der Waals surface area contributed by atoms with Crippen molar-refractivity contribution in [2.75, 3.05) is 5.32 Å². The van der Waals surface area contributed by atoms with Crippen molar-refractivity contribution in [3.05, 3.63) is 64.7 Å². The van der Waals surface area contributed by atoms with Gasteiger partial charge in [-0.3, -0.25) is 0 Å². The summed E-state index contributed by atoms with van der Waals surface area (Å²) in [4.78, 5) is 11.1. The summed E-state index contributed by atoms with van der Waals surface area (Å²) in [6.45, 7) is 0. The van der Waals surface area contributed by atoms with Crippen LogP contribution in [0.2, 0.25) is 0 Å². The van der Waals surface area contributed by atoms with Crippen LogP contribution >= 0.6 is 11.4 Å². The minimum atomic E-state index is -4.62. The van der Waals surface area contributed by atoms with E-state index in [1.54, 1.807) is 0 Å². The predicted molar refractivity (Wildman–Crippen MR) is 92.2 cm³/mol. The lowest BCUT2D eigenvalue weighted by atomic mass is 10.1. The minimum Gasteiger partial charge on any atom is -0.478 e. The molecule has 0 radical (unpaired) electrons. The molecule has 0 atom stereocenters. The maximum atomic E-state index is 12.8. The average molecular weight is 409 g/mol. The lowest BCUT2D eigenvalue weighted by Gasteiger charge is -2.11. The van der Waals surface area contributed by atoms with Gasteiger partial charge in [0.15, 0.2) is 0 Å². The summed E-state index contributed by atoms with van der Waals surface area (Å²) >= 11 is 0.529. The zero-order valence-electron chi connectivity index (χ0n) is 13.4. The smallest absolute Gasteiger partial charge is 0.416 e. The normalized spacial score (nSPS) is 12.7. The quantitative estimate of drug-likeness (QED) is 0.359. The molecule has 0 saturated carbocycles. The summed E-state index contributed by atoms with van der Waals surface area (Å²) in [6, 6.07) is 6.70. The number of anilines is 1. The summed E-state index contributed by atoms with van der Waals surface area (Å²) < 4.78 is 75.7. The van der Waals surface area contributed by atoms with Crippen LogP contribution in [0.25, 0.3) is 0 Å². The van der Waals surface area contributed by atoms with Crippen LogP contribution in [-0.4, -0.2) is 16.6 Å². The average Bonchev–Trinajstić information content (AvgIpc) is 2.57. The van der Waals surface area contributed by atoms with Crippen molar-refractivity contribution in [2.24, 2.45) is 0 Å². The Balaban J connectivity index is 2.10. The topological polar surface area (TPSA) is 49.3 Å². The Morgan fingerprint density at radius 3 is 2.04 bits per heavy atom. The van der Waals surface area contributed by atoms with Gasteiger partial charge in [0.05, 0.1) is 22.4 Å². The molecular formula is C17H13F6NO2S. The van der Waals surface area contributed by atoms with Crippen molar-refractivity contribution in [3.63, 3.8) is 0 Å². The number of hydrogen-bond donors (Lipinski definition) is 3. The first kappa shape index (κ1) is 20.8. The molecule has 2 rings (SSSR count). The van der Waals surface area contributed by atoms with Crippen LogP contribution in [0, 0.1) is 0 Å². The van der Waals surface area contributed by atoms with E-state index in [2.05, 4.69) is 5.32 Å². The van der Waals surface area contributed by atoms with Gasteiger partial charge < -0.3 is 10.4 Å².